The topological polar surface area (TPSA) is 55.4 Å². The molecule has 1 aliphatic heterocycles. The number of carbonyl (C=O) groups is 2. The van der Waals surface area contributed by atoms with Crippen LogP contribution in [0.5, 0.6) is 0 Å². The van der Waals surface area contributed by atoms with Crippen LogP contribution in [0.2, 0.25) is 0 Å². The number of imide groups is 1. The van der Waals surface area contributed by atoms with Crippen LogP contribution in [0.1, 0.15) is 15.3 Å². The number of alkyl carbamates (subject to hydrolysis) is 1. The number of hydrogen-bond donors (Lipinski definition) is 1. The first-order chi connectivity index (χ1) is 4.02. The monoisotopic (exact) mass is 131 g/mol. The Hall–Kier alpha value is -1.06. The van der Waals surface area contributed by atoms with Crippen LogP contribution in [0.3, 0.4) is 0 Å². The zero-order valence-electron chi connectivity index (χ0n) is 5.22. The molecule has 2 amide bonds. The quantitative estimate of drug-likeness (QED) is 0.513. The van der Waals surface area contributed by atoms with Gasteiger partial charge in [0.1, 0.15) is 0 Å². The Bertz CT molecular complexity index is 178. The number of hydrogen-bond acceptors (Lipinski definition) is 3. The predicted molar refractivity (Wildman–Crippen MR) is 30.8 cm³/mol. The third kappa shape index (κ3) is 0.872. The molecule has 1 rings (SSSR count). The zero-order valence-corrected chi connectivity index (χ0v) is 5.22. The second-order valence-electron chi connectivity index (χ2n) is 2.35. The highest BCUT2D eigenvalue weighted by Crippen LogP contribution is 2.14. The summed E-state index contributed by atoms with van der Waals surface area (Å²) >= 11 is 0. The van der Waals surface area contributed by atoms with Crippen LogP contribution in [0.4, 0.5) is 4.79 Å². The van der Waals surface area contributed by atoms with E-state index in [1.54, 1.807) is 0 Å². The summed E-state index contributed by atoms with van der Waals surface area (Å²) in [5, 5.41) is 2.01. The van der Waals surface area contributed by atoms with Crippen molar-refractivity contribution in [1.29, 1.82) is 0 Å². The van der Waals surface area contributed by atoms with Gasteiger partial charge in [0.15, 0.2) is 5.60 Å². The lowest BCUT2D eigenvalue weighted by Crippen LogP contribution is -2.32. The molecule has 1 saturated heterocycles. The van der Waals surface area contributed by atoms with E-state index in [1.807, 2.05) is 5.32 Å². The summed E-state index contributed by atoms with van der Waals surface area (Å²) in [5.41, 5.74) is -0.975. The van der Waals surface area contributed by atoms with Crippen molar-refractivity contribution >= 4 is 12.0 Å². The van der Waals surface area contributed by atoms with Gasteiger partial charge in [0.2, 0.25) is 0 Å². The summed E-state index contributed by atoms with van der Waals surface area (Å²) in [6.07, 6.45) is -0.662. The van der Waals surface area contributed by atoms with Crippen molar-refractivity contribution in [2.75, 3.05) is 0 Å². The average Bonchev–Trinajstić information content (AvgIpc) is 1.79. The zero-order chi connectivity index (χ0) is 7.07. The first-order valence-electron chi connectivity index (χ1n) is 2.57. The second kappa shape index (κ2) is 1.46. The fraction of sp³-hybridized carbons (Fsp3) is 0.600. The summed E-state index contributed by atoms with van der Waals surface area (Å²) < 4.78 is 4.56. The highest BCUT2D eigenvalue weighted by molar-refractivity contribution is 6.02. The van der Waals surface area contributed by atoms with Gasteiger partial charge in [-0.15, -0.1) is 0 Å². The lowest BCUT2D eigenvalue weighted by molar-refractivity contribution is -0.128. The standard InChI is InChI=1S/C5H7NO3.H2/c1-5(2)3(7)6-4(8)9-5;/h1-2H3,(H,6,7,8);1H. The van der Waals surface area contributed by atoms with Gasteiger partial charge in [-0.25, -0.2) is 4.79 Å². The normalized spacial score (nSPS) is 23.3. The Morgan fingerprint density at radius 2 is 2.11 bits per heavy atom. The lowest BCUT2D eigenvalue weighted by Gasteiger charge is -2.09. The molecule has 1 fully saturated rings. The maximum atomic E-state index is 10.6. The second-order valence-corrected chi connectivity index (χ2v) is 2.35. The minimum absolute atomic E-state index is 0. The molecule has 0 aliphatic carbocycles. The van der Waals surface area contributed by atoms with Gasteiger partial charge in [-0.05, 0) is 13.8 Å². The minimum Gasteiger partial charge on any atom is -0.433 e. The van der Waals surface area contributed by atoms with Gasteiger partial charge >= 0.3 is 6.09 Å². The molecule has 0 aromatic carbocycles. The van der Waals surface area contributed by atoms with E-state index < -0.39 is 11.7 Å². The van der Waals surface area contributed by atoms with E-state index in [0.717, 1.165) is 0 Å². The fourth-order valence-electron chi connectivity index (χ4n) is 0.547. The fourth-order valence-corrected chi connectivity index (χ4v) is 0.547. The molecule has 0 saturated carbocycles. The van der Waals surface area contributed by atoms with Crippen LogP contribution < -0.4 is 5.32 Å². The van der Waals surface area contributed by atoms with Crippen LogP contribution in [-0.4, -0.2) is 17.6 Å². The third-order valence-corrected chi connectivity index (χ3v) is 1.11. The van der Waals surface area contributed by atoms with E-state index in [0.29, 0.717) is 0 Å². The lowest BCUT2D eigenvalue weighted by atomic mass is 10.1. The van der Waals surface area contributed by atoms with Crippen molar-refractivity contribution in [1.82, 2.24) is 5.32 Å². The molecule has 0 radical (unpaired) electrons. The molecule has 4 nitrogen and oxygen atoms in total. The molecule has 0 atom stereocenters. The largest absolute Gasteiger partial charge is 0.433 e. The van der Waals surface area contributed by atoms with Crippen molar-refractivity contribution in [3.05, 3.63) is 0 Å². The van der Waals surface area contributed by atoms with Crippen molar-refractivity contribution in [2.45, 2.75) is 19.4 Å². The van der Waals surface area contributed by atoms with Crippen molar-refractivity contribution in [3.63, 3.8) is 0 Å². The summed E-state index contributed by atoms with van der Waals surface area (Å²) in [7, 11) is 0. The van der Waals surface area contributed by atoms with Crippen LogP contribution in [0, 0.1) is 0 Å². The van der Waals surface area contributed by atoms with Crippen LogP contribution in [0.15, 0.2) is 0 Å². The van der Waals surface area contributed by atoms with E-state index in [9.17, 15) is 9.59 Å². The first-order valence-corrected chi connectivity index (χ1v) is 2.57. The third-order valence-electron chi connectivity index (χ3n) is 1.11. The average molecular weight is 131 g/mol. The van der Waals surface area contributed by atoms with Gasteiger partial charge in [0.25, 0.3) is 5.91 Å². The molecule has 0 aromatic rings. The van der Waals surface area contributed by atoms with Crippen LogP contribution in [-0.2, 0) is 9.53 Å². The Morgan fingerprint density at radius 1 is 1.56 bits per heavy atom. The SMILES string of the molecule is CC1(C)OC(=O)NC1=O.[HH]. The molecule has 0 aromatic heterocycles. The highest BCUT2D eigenvalue weighted by atomic mass is 16.6. The van der Waals surface area contributed by atoms with Crippen molar-refractivity contribution in [2.24, 2.45) is 0 Å². The number of rotatable bonds is 0. The maximum Gasteiger partial charge on any atom is 0.415 e. The molecule has 0 unspecified atom stereocenters. The molecule has 0 spiro atoms. The Morgan fingerprint density at radius 3 is 2.22 bits per heavy atom. The molecule has 52 valence electrons. The number of ether oxygens (including phenoxy) is 1. The van der Waals surface area contributed by atoms with E-state index in [4.69, 9.17) is 0 Å². The van der Waals surface area contributed by atoms with E-state index in [-0.39, 0.29) is 7.33 Å². The number of nitrogens with one attached hydrogen (secondary N) is 1. The van der Waals surface area contributed by atoms with Gasteiger partial charge in [0.05, 0.1) is 0 Å². The van der Waals surface area contributed by atoms with Gasteiger partial charge in [-0.1, -0.05) is 0 Å². The molecule has 1 heterocycles. The summed E-state index contributed by atoms with van der Waals surface area (Å²) in [6, 6.07) is 0. The molecule has 1 N–H and O–H groups in total. The summed E-state index contributed by atoms with van der Waals surface area (Å²) in [5.74, 6) is -0.382. The highest BCUT2D eigenvalue weighted by Gasteiger charge is 2.39. The maximum absolute atomic E-state index is 10.6. The van der Waals surface area contributed by atoms with E-state index in [2.05, 4.69) is 4.74 Å². The Balaban J connectivity index is 0.000000810. The van der Waals surface area contributed by atoms with Crippen molar-refractivity contribution in [3.8, 4) is 0 Å². The van der Waals surface area contributed by atoms with Crippen LogP contribution in [0.25, 0.3) is 0 Å². The Kier molecular flexibility index (Phi) is 0.986. The van der Waals surface area contributed by atoms with E-state index >= 15 is 0 Å². The Labute approximate surface area is 53.7 Å². The van der Waals surface area contributed by atoms with Crippen LogP contribution >= 0.6 is 0 Å². The summed E-state index contributed by atoms with van der Waals surface area (Å²) in [4.78, 5) is 21.0. The predicted octanol–water partition coefficient (Wildman–Crippen LogP) is 0.277. The minimum atomic E-state index is -0.975. The first kappa shape index (κ1) is 6.07. The number of cyclic esters (lactones) is 1. The summed E-state index contributed by atoms with van der Waals surface area (Å²) in [6.45, 7) is 3.07. The smallest absolute Gasteiger partial charge is 0.415 e. The molecule has 4 heteroatoms. The number of carbonyl (C=O) groups excluding carboxylic acids is 2. The van der Waals surface area contributed by atoms with Gasteiger partial charge in [-0.2, -0.15) is 0 Å². The van der Waals surface area contributed by atoms with Gasteiger partial charge in [-0.3, -0.25) is 10.1 Å². The molecule has 9 heavy (non-hydrogen) atoms. The number of amides is 2. The molecule has 1 aliphatic rings. The van der Waals surface area contributed by atoms with E-state index in [1.165, 1.54) is 13.8 Å². The van der Waals surface area contributed by atoms with Gasteiger partial charge in [0, 0.05) is 1.43 Å². The van der Waals surface area contributed by atoms with Crippen molar-refractivity contribution < 1.29 is 15.8 Å². The molecular weight excluding hydrogens is 122 g/mol. The van der Waals surface area contributed by atoms with Gasteiger partial charge < -0.3 is 4.74 Å². The molecule has 0 bridgehead atoms. The molecular formula is C5H9NO3.